The molecule has 1 heterocycles. The van der Waals surface area contributed by atoms with E-state index in [-0.39, 0.29) is 19.6 Å². The Bertz CT molecular complexity index is 840. The van der Waals surface area contributed by atoms with Crippen molar-refractivity contribution in [2.45, 2.75) is 32.5 Å². The molecular formula is C18H21N3O3. The zero-order chi connectivity index (χ0) is 17.5. The second-order valence-corrected chi connectivity index (χ2v) is 5.39. The second kappa shape index (κ2) is 8.10. The van der Waals surface area contributed by atoms with Crippen molar-refractivity contribution in [1.82, 2.24) is 13.7 Å². The molecule has 0 radical (unpaired) electrons. The van der Waals surface area contributed by atoms with Gasteiger partial charge in [-0.2, -0.15) is 0 Å². The van der Waals surface area contributed by atoms with Gasteiger partial charge >= 0.3 is 17.1 Å². The SMILES string of the molecule is C=CCn1c(=O)n(CC=C)c(=O)n(CCCc2ccccc2)c1=O. The molecule has 0 saturated heterocycles. The van der Waals surface area contributed by atoms with Crippen LogP contribution in [-0.2, 0) is 26.1 Å². The lowest BCUT2D eigenvalue weighted by Gasteiger charge is -2.12. The molecule has 0 atom stereocenters. The van der Waals surface area contributed by atoms with E-state index in [1.165, 1.54) is 12.2 Å². The Morgan fingerprint density at radius 2 is 1.29 bits per heavy atom. The lowest BCUT2D eigenvalue weighted by atomic mass is 10.1. The van der Waals surface area contributed by atoms with E-state index in [0.717, 1.165) is 25.7 Å². The van der Waals surface area contributed by atoms with Crippen molar-refractivity contribution in [1.29, 1.82) is 0 Å². The van der Waals surface area contributed by atoms with Crippen molar-refractivity contribution < 1.29 is 0 Å². The third kappa shape index (κ3) is 3.71. The highest BCUT2D eigenvalue weighted by Crippen LogP contribution is 2.02. The average molecular weight is 327 g/mol. The number of allylic oxidation sites excluding steroid dienone is 2. The molecule has 24 heavy (non-hydrogen) atoms. The normalized spacial score (nSPS) is 10.5. The van der Waals surface area contributed by atoms with E-state index in [1.54, 1.807) is 0 Å². The van der Waals surface area contributed by atoms with Gasteiger partial charge < -0.3 is 0 Å². The first-order valence-corrected chi connectivity index (χ1v) is 7.80. The first-order valence-electron chi connectivity index (χ1n) is 7.80. The molecule has 0 N–H and O–H groups in total. The summed E-state index contributed by atoms with van der Waals surface area (Å²) in [6.45, 7) is 7.48. The molecule has 0 fully saturated rings. The van der Waals surface area contributed by atoms with Gasteiger partial charge in [-0.15, -0.1) is 13.2 Å². The summed E-state index contributed by atoms with van der Waals surface area (Å²) in [5.74, 6) is 0. The molecule has 0 aliphatic heterocycles. The highest BCUT2D eigenvalue weighted by molar-refractivity contribution is 5.14. The van der Waals surface area contributed by atoms with Crippen LogP contribution in [0.3, 0.4) is 0 Å². The Kier molecular flexibility index (Phi) is 5.89. The summed E-state index contributed by atoms with van der Waals surface area (Å²) in [6, 6.07) is 9.83. The maximum atomic E-state index is 12.4. The minimum absolute atomic E-state index is 0.0633. The molecule has 0 aliphatic rings. The van der Waals surface area contributed by atoms with Crippen LogP contribution in [0.15, 0.2) is 70.0 Å². The van der Waals surface area contributed by atoms with Gasteiger partial charge in [-0.05, 0) is 18.4 Å². The van der Waals surface area contributed by atoms with E-state index >= 15 is 0 Å². The molecule has 0 spiro atoms. The van der Waals surface area contributed by atoms with Crippen LogP contribution in [0.1, 0.15) is 12.0 Å². The molecule has 0 amide bonds. The van der Waals surface area contributed by atoms with Crippen molar-refractivity contribution >= 4 is 0 Å². The van der Waals surface area contributed by atoms with E-state index in [9.17, 15) is 14.4 Å². The van der Waals surface area contributed by atoms with E-state index in [1.807, 2.05) is 30.3 Å². The van der Waals surface area contributed by atoms with Gasteiger partial charge in [-0.25, -0.2) is 28.1 Å². The van der Waals surface area contributed by atoms with Gasteiger partial charge in [-0.3, -0.25) is 0 Å². The summed E-state index contributed by atoms with van der Waals surface area (Å²) < 4.78 is 3.14. The maximum Gasteiger partial charge on any atom is 0.336 e. The molecular weight excluding hydrogens is 306 g/mol. The quantitative estimate of drug-likeness (QED) is 0.684. The number of aryl methyl sites for hydroxylation is 1. The molecule has 0 saturated carbocycles. The monoisotopic (exact) mass is 327 g/mol. The van der Waals surface area contributed by atoms with Gasteiger partial charge in [0.1, 0.15) is 0 Å². The number of nitrogens with zero attached hydrogens (tertiary/aromatic N) is 3. The summed E-state index contributed by atoms with van der Waals surface area (Å²) in [4.78, 5) is 37.1. The van der Waals surface area contributed by atoms with Crippen molar-refractivity contribution in [3.05, 3.63) is 92.7 Å². The predicted octanol–water partition coefficient (Wildman–Crippen LogP) is 1.18. The fraction of sp³-hybridized carbons (Fsp3) is 0.278. The van der Waals surface area contributed by atoms with Crippen LogP contribution in [0.4, 0.5) is 0 Å². The van der Waals surface area contributed by atoms with Crippen molar-refractivity contribution in [3.8, 4) is 0 Å². The van der Waals surface area contributed by atoms with Crippen LogP contribution in [0, 0.1) is 0 Å². The molecule has 2 aromatic rings. The van der Waals surface area contributed by atoms with Crippen molar-refractivity contribution in [3.63, 3.8) is 0 Å². The smallest absolute Gasteiger partial charge is 0.247 e. The number of rotatable bonds is 8. The highest BCUT2D eigenvalue weighted by atomic mass is 16.2. The van der Waals surface area contributed by atoms with Crippen LogP contribution in [0.25, 0.3) is 0 Å². The van der Waals surface area contributed by atoms with Crippen molar-refractivity contribution in [2.24, 2.45) is 0 Å². The number of hydrogen-bond acceptors (Lipinski definition) is 3. The molecule has 2 rings (SSSR count). The van der Waals surface area contributed by atoms with Crippen LogP contribution >= 0.6 is 0 Å². The predicted molar refractivity (Wildman–Crippen MR) is 94.4 cm³/mol. The maximum absolute atomic E-state index is 12.4. The topological polar surface area (TPSA) is 66.0 Å². The molecule has 0 unspecified atom stereocenters. The molecule has 0 bridgehead atoms. The Labute approximate surface area is 139 Å². The van der Waals surface area contributed by atoms with Crippen LogP contribution < -0.4 is 17.1 Å². The Hall–Kier alpha value is -2.89. The Morgan fingerprint density at radius 3 is 1.79 bits per heavy atom. The fourth-order valence-corrected chi connectivity index (χ4v) is 2.53. The average Bonchev–Trinajstić information content (AvgIpc) is 2.59. The third-order valence-corrected chi connectivity index (χ3v) is 3.70. The third-order valence-electron chi connectivity index (χ3n) is 3.70. The molecule has 1 aromatic heterocycles. The minimum atomic E-state index is -0.635. The van der Waals surface area contributed by atoms with E-state index in [4.69, 9.17) is 0 Å². The summed E-state index contributed by atoms with van der Waals surface area (Å²) in [6.07, 6.45) is 4.29. The van der Waals surface area contributed by atoms with E-state index in [2.05, 4.69) is 13.2 Å². The zero-order valence-corrected chi connectivity index (χ0v) is 13.6. The fourth-order valence-electron chi connectivity index (χ4n) is 2.53. The summed E-state index contributed by atoms with van der Waals surface area (Å²) >= 11 is 0. The van der Waals surface area contributed by atoms with Crippen molar-refractivity contribution in [2.75, 3.05) is 0 Å². The molecule has 6 heteroatoms. The lowest BCUT2D eigenvalue weighted by molar-refractivity contribution is 0.469. The van der Waals surface area contributed by atoms with Crippen LogP contribution in [-0.4, -0.2) is 13.7 Å². The molecule has 6 nitrogen and oxygen atoms in total. The van der Waals surface area contributed by atoms with Crippen LogP contribution in [0.5, 0.6) is 0 Å². The second-order valence-electron chi connectivity index (χ2n) is 5.39. The van der Waals surface area contributed by atoms with Crippen LogP contribution in [0.2, 0.25) is 0 Å². The summed E-state index contributed by atoms with van der Waals surface area (Å²) in [5, 5.41) is 0. The first kappa shape index (κ1) is 17.5. The number of hydrogen-bond donors (Lipinski definition) is 0. The summed E-state index contributed by atoms with van der Waals surface area (Å²) in [7, 11) is 0. The summed E-state index contributed by atoms with van der Waals surface area (Å²) in [5.41, 5.74) is -0.697. The van der Waals surface area contributed by atoms with Gasteiger partial charge in [0.05, 0.1) is 13.1 Å². The first-order chi connectivity index (χ1) is 11.6. The van der Waals surface area contributed by atoms with Gasteiger partial charge in [0.2, 0.25) is 0 Å². The lowest BCUT2D eigenvalue weighted by Crippen LogP contribution is -2.54. The van der Waals surface area contributed by atoms with Gasteiger partial charge in [0.15, 0.2) is 0 Å². The largest absolute Gasteiger partial charge is 0.336 e. The van der Waals surface area contributed by atoms with Gasteiger partial charge in [0, 0.05) is 6.54 Å². The molecule has 1 aromatic carbocycles. The van der Waals surface area contributed by atoms with E-state index in [0.29, 0.717) is 6.42 Å². The Balaban J connectivity index is 2.35. The van der Waals surface area contributed by atoms with Gasteiger partial charge in [-0.1, -0.05) is 42.5 Å². The standard InChI is InChI=1S/C18H21N3O3/c1-3-12-19-16(22)20(13-4-2)18(24)21(17(19)23)14-8-11-15-9-6-5-7-10-15/h3-7,9-10H,1-2,8,11-14H2. The Morgan fingerprint density at radius 1 is 0.792 bits per heavy atom. The van der Waals surface area contributed by atoms with E-state index < -0.39 is 17.1 Å². The van der Waals surface area contributed by atoms with Gasteiger partial charge in [0.25, 0.3) is 0 Å². The number of aromatic nitrogens is 3. The molecule has 126 valence electrons. The number of benzene rings is 1. The zero-order valence-electron chi connectivity index (χ0n) is 13.6. The minimum Gasteiger partial charge on any atom is -0.247 e. The molecule has 0 aliphatic carbocycles. The highest BCUT2D eigenvalue weighted by Gasteiger charge is 2.13.